The first kappa shape index (κ1) is 25.3. The quantitative estimate of drug-likeness (QED) is 0.352. The summed E-state index contributed by atoms with van der Waals surface area (Å²) in [6.45, 7) is 3.66. The van der Waals surface area contributed by atoms with Gasteiger partial charge in [-0.15, -0.1) is 0 Å². The first-order valence-electron chi connectivity index (χ1n) is 11.0. The summed E-state index contributed by atoms with van der Waals surface area (Å²) in [5.41, 5.74) is -0.283. The van der Waals surface area contributed by atoms with Crippen molar-refractivity contribution in [1.29, 1.82) is 0 Å². The van der Waals surface area contributed by atoms with Crippen molar-refractivity contribution in [3.8, 4) is 0 Å². The van der Waals surface area contributed by atoms with Crippen molar-refractivity contribution < 1.29 is 28.5 Å². The molecule has 4 rings (SSSR count). The number of alkyl halides is 3. The molecule has 0 spiro atoms. The average Bonchev–Trinajstić information content (AvgIpc) is 3.48. The van der Waals surface area contributed by atoms with Crippen molar-refractivity contribution >= 4 is 46.7 Å². The number of halogens is 3. The molecule has 0 radical (unpaired) electrons. The summed E-state index contributed by atoms with van der Waals surface area (Å²) in [5, 5.41) is 0. The predicted octanol–water partition coefficient (Wildman–Crippen LogP) is 5.74. The smallest absolute Gasteiger partial charge is 0.338 e. The highest BCUT2D eigenvalue weighted by Crippen LogP contribution is 2.61. The fraction of sp³-hybridized carbons (Fsp3) is 0.440. The minimum atomic E-state index is -1.69. The fourth-order valence-electron chi connectivity index (χ4n) is 4.06. The molecule has 1 saturated heterocycles. The van der Waals surface area contributed by atoms with E-state index in [2.05, 4.69) is 0 Å². The Hall–Kier alpha value is -1.83. The van der Waals surface area contributed by atoms with Crippen molar-refractivity contribution in [1.82, 2.24) is 0 Å². The monoisotopic (exact) mass is 526 g/mol. The number of esters is 2. The topological polar surface area (TPSA) is 71.1 Å². The third-order valence-electron chi connectivity index (χ3n) is 6.23. The Kier molecular flexibility index (Phi) is 7.46. The van der Waals surface area contributed by atoms with Crippen LogP contribution in [0.15, 0.2) is 60.7 Å². The zero-order valence-electron chi connectivity index (χ0n) is 18.7. The highest BCUT2D eigenvalue weighted by Gasteiger charge is 2.67. The molecule has 0 amide bonds. The van der Waals surface area contributed by atoms with Gasteiger partial charge in [0.25, 0.3) is 0 Å². The number of hydrogen-bond acceptors (Lipinski definition) is 6. The van der Waals surface area contributed by atoms with E-state index in [0.717, 1.165) is 0 Å². The number of benzene rings is 2. The Balaban J connectivity index is 1.53. The molecular formula is C25H25Cl3O6. The molecule has 6 unspecified atom stereocenters. The number of carbonyl (C=O) groups excluding carboxylic acids is 2. The van der Waals surface area contributed by atoms with Crippen LogP contribution in [0.3, 0.4) is 0 Å². The molecule has 1 heterocycles. The first-order valence-corrected chi connectivity index (χ1v) is 12.2. The van der Waals surface area contributed by atoms with E-state index in [0.29, 0.717) is 17.5 Å². The van der Waals surface area contributed by atoms with Crippen LogP contribution >= 0.6 is 34.8 Å². The lowest BCUT2D eigenvalue weighted by Crippen LogP contribution is -2.53. The summed E-state index contributed by atoms with van der Waals surface area (Å²) < 4.78 is 22.0. The van der Waals surface area contributed by atoms with Crippen LogP contribution in [0.2, 0.25) is 0 Å². The summed E-state index contributed by atoms with van der Waals surface area (Å²) in [4.78, 5) is 25.4. The molecule has 182 valence electrons. The first-order chi connectivity index (χ1) is 16.1. The van der Waals surface area contributed by atoms with Crippen LogP contribution in [0.4, 0.5) is 0 Å². The van der Waals surface area contributed by atoms with E-state index in [-0.39, 0.29) is 12.3 Å². The second kappa shape index (κ2) is 10.0. The lowest BCUT2D eigenvalue weighted by molar-refractivity contribution is -0.280. The van der Waals surface area contributed by atoms with Gasteiger partial charge in [0.1, 0.15) is 11.7 Å². The average molecular weight is 528 g/mol. The van der Waals surface area contributed by atoms with Crippen LogP contribution in [0, 0.1) is 5.92 Å². The minimum absolute atomic E-state index is 0.0296. The Bertz CT molecular complexity index is 1010. The molecule has 9 heteroatoms. The fourth-order valence-corrected chi connectivity index (χ4v) is 4.98. The lowest BCUT2D eigenvalue weighted by atomic mass is 10.0. The van der Waals surface area contributed by atoms with Crippen molar-refractivity contribution in [3.05, 3.63) is 71.8 Å². The van der Waals surface area contributed by atoms with E-state index in [9.17, 15) is 9.59 Å². The third-order valence-corrected chi connectivity index (χ3v) is 7.19. The second-order valence-electron chi connectivity index (χ2n) is 8.68. The van der Waals surface area contributed by atoms with Crippen LogP contribution in [-0.4, -0.2) is 45.9 Å². The molecular weight excluding hydrogens is 503 g/mol. The molecule has 6 atom stereocenters. The molecule has 1 aliphatic heterocycles. The van der Waals surface area contributed by atoms with Gasteiger partial charge in [-0.05, 0) is 43.5 Å². The largest absolute Gasteiger partial charge is 0.456 e. The Labute approximate surface area is 213 Å². The number of carbonyl (C=O) groups is 2. The maximum absolute atomic E-state index is 12.8. The van der Waals surface area contributed by atoms with Gasteiger partial charge in [-0.25, -0.2) is 9.59 Å². The zero-order chi connectivity index (χ0) is 24.5. The van der Waals surface area contributed by atoms with E-state index in [1.54, 1.807) is 61.5 Å². The van der Waals surface area contributed by atoms with E-state index < -0.39 is 45.9 Å². The van der Waals surface area contributed by atoms with Gasteiger partial charge < -0.3 is 18.9 Å². The summed E-state index contributed by atoms with van der Waals surface area (Å²) in [5.74, 6) is -1.09. The molecule has 2 aromatic carbocycles. The lowest BCUT2D eigenvalue weighted by Gasteiger charge is -2.41. The molecule has 2 fully saturated rings. The molecule has 1 saturated carbocycles. The predicted molar refractivity (Wildman–Crippen MR) is 128 cm³/mol. The van der Waals surface area contributed by atoms with Crippen molar-refractivity contribution in [2.75, 3.05) is 0 Å². The summed E-state index contributed by atoms with van der Waals surface area (Å²) in [6, 6.07) is 17.2. The zero-order valence-corrected chi connectivity index (χ0v) is 20.9. The Morgan fingerprint density at radius 3 is 1.79 bits per heavy atom. The highest BCUT2D eigenvalue weighted by atomic mass is 35.6. The summed E-state index contributed by atoms with van der Waals surface area (Å²) in [7, 11) is 0. The molecule has 0 aromatic heterocycles. The molecule has 0 bridgehead atoms. The molecule has 2 aliphatic rings. The van der Waals surface area contributed by atoms with E-state index in [4.69, 9.17) is 53.8 Å². The standard InChI is InChI=1S/C25H25Cl3O6/c1-15-14-24(15,25(26,27)28)34-23-20(33-22(30)18-11-7-4-8-12-18)13-19(16(2)31-23)32-21(29)17-9-5-3-6-10-17/h3-12,15-16,19-20,23H,13-14H2,1-2H3. The van der Waals surface area contributed by atoms with E-state index in [1.807, 2.05) is 13.0 Å². The molecule has 2 aromatic rings. The van der Waals surface area contributed by atoms with Crippen LogP contribution in [-0.2, 0) is 18.9 Å². The van der Waals surface area contributed by atoms with Gasteiger partial charge in [-0.3, -0.25) is 0 Å². The normalized spacial score (nSPS) is 30.9. The molecule has 6 nitrogen and oxygen atoms in total. The number of hydrogen-bond donors (Lipinski definition) is 0. The van der Waals surface area contributed by atoms with Gasteiger partial charge in [0.05, 0.1) is 17.2 Å². The molecule has 0 N–H and O–H groups in total. The van der Waals surface area contributed by atoms with E-state index in [1.165, 1.54) is 0 Å². The minimum Gasteiger partial charge on any atom is -0.456 e. The highest BCUT2D eigenvalue weighted by molar-refractivity contribution is 6.68. The van der Waals surface area contributed by atoms with Gasteiger partial charge in [0.15, 0.2) is 12.4 Å². The Morgan fingerprint density at radius 2 is 1.35 bits per heavy atom. The maximum Gasteiger partial charge on any atom is 0.338 e. The maximum atomic E-state index is 12.8. The van der Waals surface area contributed by atoms with Gasteiger partial charge in [0, 0.05) is 6.42 Å². The van der Waals surface area contributed by atoms with Crippen molar-refractivity contribution in [2.24, 2.45) is 5.92 Å². The molecule has 1 aliphatic carbocycles. The Morgan fingerprint density at radius 1 is 0.882 bits per heavy atom. The van der Waals surface area contributed by atoms with Gasteiger partial charge in [0.2, 0.25) is 3.79 Å². The summed E-state index contributed by atoms with van der Waals surface area (Å²) in [6.07, 6.45) is -2.45. The van der Waals surface area contributed by atoms with Gasteiger partial charge in [-0.1, -0.05) is 78.1 Å². The SMILES string of the molecule is CC1OC(OC2(C(Cl)(Cl)Cl)CC2C)C(OC(=O)c2ccccc2)CC1OC(=O)c1ccccc1. The summed E-state index contributed by atoms with van der Waals surface area (Å²) >= 11 is 18.7. The van der Waals surface area contributed by atoms with Crippen LogP contribution in [0.1, 0.15) is 47.4 Å². The van der Waals surface area contributed by atoms with Crippen LogP contribution < -0.4 is 0 Å². The second-order valence-corrected chi connectivity index (χ2v) is 11.0. The van der Waals surface area contributed by atoms with Gasteiger partial charge >= 0.3 is 11.9 Å². The number of rotatable bonds is 6. The third kappa shape index (κ3) is 5.37. The van der Waals surface area contributed by atoms with Crippen molar-refractivity contribution in [3.63, 3.8) is 0 Å². The van der Waals surface area contributed by atoms with Crippen LogP contribution in [0.25, 0.3) is 0 Å². The van der Waals surface area contributed by atoms with Gasteiger partial charge in [-0.2, -0.15) is 0 Å². The van der Waals surface area contributed by atoms with Crippen LogP contribution in [0.5, 0.6) is 0 Å². The number of ether oxygens (including phenoxy) is 4. The van der Waals surface area contributed by atoms with Crippen molar-refractivity contribution in [2.45, 2.75) is 60.7 Å². The molecule has 34 heavy (non-hydrogen) atoms. The van der Waals surface area contributed by atoms with E-state index >= 15 is 0 Å².